The van der Waals surface area contributed by atoms with Gasteiger partial charge in [0.2, 0.25) is 5.91 Å². The van der Waals surface area contributed by atoms with Gasteiger partial charge in [0.05, 0.1) is 6.54 Å². The molecule has 2 N–H and O–H groups in total. The van der Waals surface area contributed by atoms with Crippen molar-refractivity contribution in [3.05, 3.63) is 51.7 Å². The minimum Gasteiger partial charge on any atom is -0.492 e. The predicted octanol–water partition coefficient (Wildman–Crippen LogP) is 2.58. The second-order valence-corrected chi connectivity index (χ2v) is 7.72. The van der Waals surface area contributed by atoms with Gasteiger partial charge in [0.1, 0.15) is 18.9 Å². The summed E-state index contributed by atoms with van der Waals surface area (Å²) in [7, 11) is 0. The van der Waals surface area contributed by atoms with Crippen LogP contribution in [0.3, 0.4) is 0 Å². The van der Waals surface area contributed by atoms with E-state index in [9.17, 15) is 4.79 Å². The van der Waals surface area contributed by atoms with E-state index in [1.54, 1.807) is 11.3 Å². The first-order valence-electron chi connectivity index (χ1n) is 9.70. The maximum Gasteiger partial charge on any atom is 0.244 e. The first-order chi connectivity index (χ1) is 13.7. The molecule has 1 aromatic carbocycles. The van der Waals surface area contributed by atoms with Crippen LogP contribution in [-0.4, -0.2) is 49.6 Å². The summed E-state index contributed by atoms with van der Waals surface area (Å²) in [5.41, 5.74) is 2.48. The van der Waals surface area contributed by atoms with E-state index < -0.39 is 0 Å². The third-order valence-corrected chi connectivity index (χ3v) is 5.58. The fourth-order valence-corrected chi connectivity index (χ4v) is 3.91. The highest BCUT2D eigenvalue weighted by Crippen LogP contribution is 2.23. The summed E-state index contributed by atoms with van der Waals surface area (Å²) in [4.78, 5) is 20.3. The first-order valence-corrected chi connectivity index (χ1v) is 10.6. The number of carbonyl (C=O) groups excluding carboxylic acids is 1. The maximum atomic E-state index is 12.5. The van der Waals surface area contributed by atoms with Crippen molar-refractivity contribution in [1.82, 2.24) is 15.5 Å². The van der Waals surface area contributed by atoms with E-state index in [2.05, 4.69) is 34.0 Å². The van der Waals surface area contributed by atoms with Gasteiger partial charge < -0.3 is 20.3 Å². The Morgan fingerprint density at radius 1 is 1.25 bits per heavy atom. The molecule has 2 aromatic rings. The van der Waals surface area contributed by atoms with Crippen LogP contribution in [0.25, 0.3) is 0 Å². The molecule has 150 valence electrons. The Labute approximate surface area is 170 Å². The van der Waals surface area contributed by atoms with Crippen molar-refractivity contribution < 1.29 is 9.53 Å². The van der Waals surface area contributed by atoms with Crippen LogP contribution in [0.15, 0.2) is 40.7 Å². The van der Waals surface area contributed by atoms with Gasteiger partial charge in [-0.2, -0.15) is 0 Å². The van der Waals surface area contributed by atoms with Crippen LogP contribution >= 0.6 is 11.3 Å². The van der Waals surface area contributed by atoms with Crippen LogP contribution < -0.4 is 15.4 Å². The minimum atomic E-state index is 0.0601. The topological polar surface area (TPSA) is 66.0 Å². The molecule has 0 atom stereocenters. The Morgan fingerprint density at radius 3 is 2.86 bits per heavy atom. The third-order valence-electron chi connectivity index (χ3n) is 4.56. The van der Waals surface area contributed by atoms with E-state index in [0.717, 1.165) is 25.3 Å². The van der Waals surface area contributed by atoms with Crippen molar-refractivity contribution in [2.24, 2.45) is 4.99 Å². The number of rotatable bonds is 7. The molecule has 1 aliphatic rings. The van der Waals surface area contributed by atoms with Crippen molar-refractivity contribution in [2.45, 2.75) is 26.8 Å². The quantitative estimate of drug-likeness (QED) is 0.426. The standard InChI is InChI=1S/C21H28N4O2S/c1-3-22-21(23-10-12-27-18-6-4-16(2)5-7-18)24-14-20(26)25-11-8-19-17(15-25)9-13-28-19/h4-7,9,13H,3,8,10-12,14-15H2,1-2H3,(H2,22,23,24). The predicted molar refractivity (Wildman–Crippen MR) is 114 cm³/mol. The molecule has 6 nitrogen and oxygen atoms in total. The van der Waals surface area contributed by atoms with Crippen LogP contribution in [0.4, 0.5) is 0 Å². The molecule has 0 radical (unpaired) electrons. The zero-order valence-electron chi connectivity index (χ0n) is 16.5. The van der Waals surface area contributed by atoms with Crippen LogP contribution in [0.5, 0.6) is 5.75 Å². The van der Waals surface area contributed by atoms with E-state index in [1.165, 1.54) is 16.0 Å². The molecule has 0 fully saturated rings. The van der Waals surface area contributed by atoms with E-state index in [4.69, 9.17) is 4.74 Å². The highest BCUT2D eigenvalue weighted by Gasteiger charge is 2.21. The second kappa shape index (κ2) is 10.1. The van der Waals surface area contributed by atoms with Gasteiger partial charge in [0.15, 0.2) is 5.96 Å². The molecule has 28 heavy (non-hydrogen) atoms. The average Bonchev–Trinajstić information content (AvgIpc) is 3.18. The monoisotopic (exact) mass is 400 g/mol. The molecule has 0 saturated heterocycles. The number of aryl methyl sites for hydroxylation is 1. The first kappa shape index (κ1) is 20.2. The molecule has 7 heteroatoms. The fraction of sp³-hybridized carbons (Fsp3) is 0.429. The Morgan fingerprint density at radius 2 is 2.07 bits per heavy atom. The molecule has 1 amide bonds. The summed E-state index contributed by atoms with van der Waals surface area (Å²) in [6.07, 6.45) is 0.942. The summed E-state index contributed by atoms with van der Waals surface area (Å²) < 4.78 is 5.72. The van der Waals surface area contributed by atoms with Crippen molar-refractivity contribution in [3.63, 3.8) is 0 Å². The van der Waals surface area contributed by atoms with E-state index in [-0.39, 0.29) is 12.5 Å². The number of nitrogens with zero attached hydrogens (tertiary/aromatic N) is 2. The van der Waals surface area contributed by atoms with Gasteiger partial charge in [-0.3, -0.25) is 4.79 Å². The number of thiophene rings is 1. The lowest BCUT2D eigenvalue weighted by Gasteiger charge is -2.26. The summed E-state index contributed by atoms with van der Waals surface area (Å²) in [6, 6.07) is 10.1. The number of benzene rings is 1. The van der Waals surface area contributed by atoms with Gasteiger partial charge in [-0.1, -0.05) is 17.7 Å². The van der Waals surface area contributed by atoms with Crippen LogP contribution in [0, 0.1) is 6.92 Å². The van der Waals surface area contributed by atoms with Gasteiger partial charge in [-0.05, 0) is 49.4 Å². The second-order valence-electron chi connectivity index (χ2n) is 6.72. The summed E-state index contributed by atoms with van der Waals surface area (Å²) in [5, 5.41) is 8.49. The van der Waals surface area contributed by atoms with Crippen LogP contribution in [0.1, 0.15) is 22.9 Å². The van der Waals surface area contributed by atoms with Gasteiger partial charge >= 0.3 is 0 Å². The Balaban J connectivity index is 1.44. The number of guanidine groups is 1. The van der Waals surface area contributed by atoms with E-state index in [1.807, 2.05) is 36.1 Å². The number of aliphatic imine (C=N–C) groups is 1. The molecule has 3 rings (SSSR count). The number of hydrogen-bond donors (Lipinski definition) is 2. The average molecular weight is 401 g/mol. The lowest BCUT2D eigenvalue weighted by Crippen LogP contribution is -2.41. The van der Waals surface area contributed by atoms with Gasteiger partial charge in [-0.25, -0.2) is 4.99 Å². The highest BCUT2D eigenvalue weighted by molar-refractivity contribution is 7.10. The maximum absolute atomic E-state index is 12.5. The lowest BCUT2D eigenvalue weighted by molar-refractivity contribution is -0.130. The minimum absolute atomic E-state index is 0.0601. The number of carbonyl (C=O) groups is 1. The Kier molecular flexibility index (Phi) is 7.31. The highest BCUT2D eigenvalue weighted by atomic mass is 32.1. The number of nitrogens with one attached hydrogen (secondary N) is 2. The Hall–Kier alpha value is -2.54. The number of amides is 1. The van der Waals surface area contributed by atoms with Crippen molar-refractivity contribution >= 4 is 23.2 Å². The number of fused-ring (bicyclic) bond motifs is 1. The molecule has 1 aliphatic heterocycles. The van der Waals surface area contributed by atoms with Gasteiger partial charge in [-0.15, -0.1) is 11.3 Å². The third kappa shape index (κ3) is 5.73. The van der Waals surface area contributed by atoms with Crippen molar-refractivity contribution in [3.8, 4) is 5.75 Å². The molecular formula is C21H28N4O2S. The van der Waals surface area contributed by atoms with Crippen LogP contribution in [0.2, 0.25) is 0 Å². The van der Waals surface area contributed by atoms with Crippen LogP contribution in [-0.2, 0) is 17.8 Å². The normalized spacial score (nSPS) is 13.8. The van der Waals surface area contributed by atoms with E-state index in [0.29, 0.717) is 25.7 Å². The largest absolute Gasteiger partial charge is 0.492 e. The molecule has 1 aromatic heterocycles. The van der Waals surface area contributed by atoms with E-state index >= 15 is 0 Å². The molecule has 0 spiro atoms. The Bertz CT molecular complexity index is 801. The summed E-state index contributed by atoms with van der Waals surface area (Å²) in [5.74, 6) is 1.55. The lowest BCUT2D eigenvalue weighted by atomic mass is 10.1. The molecule has 2 heterocycles. The van der Waals surface area contributed by atoms with Gasteiger partial charge in [0.25, 0.3) is 0 Å². The number of ether oxygens (including phenoxy) is 1. The smallest absolute Gasteiger partial charge is 0.244 e. The molecule has 0 unspecified atom stereocenters. The molecular weight excluding hydrogens is 372 g/mol. The SMILES string of the molecule is CCNC(=NCC(=O)N1CCc2sccc2C1)NCCOc1ccc(C)cc1. The molecule has 0 saturated carbocycles. The number of hydrogen-bond acceptors (Lipinski definition) is 4. The molecule has 0 aliphatic carbocycles. The van der Waals surface area contributed by atoms with Gasteiger partial charge in [0, 0.05) is 24.5 Å². The van der Waals surface area contributed by atoms with Crippen molar-refractivity contribution in [1.29, 1.82) is 0 Å². The summed E-state index contributed by atoms with van der Waals surface area (Å²) >= 11 is 1.78. The summed E-state index contributed by atoms with van der Waals surface area (Å²) in [6.45, 7) is 7.54. The van der Waals surface area contributed by atoms with Crippen molar-refractivity contribution in [2.75, 3.05) is 32.8 Å². The zero-order chi connectivity index (χ0) is 19.8. The fourth-order valence-electron chi connectivity index (χ4n) is 3.02. The molecule has 0 bridgehead atoms. The zero-order valence-corrected chi connectivity index (χ0v) is 17.3.